The number of aryl methyl sites for hydroxylation is 1. The van der Waals surface area contributed by atoms with Gasteiger partial charge in [-0.2, -0.15) is 0 Å². The standard InChI is InChI=1S/C12H16N2O4S2/c1-8-5-20-12(18)13(8)4-2-3-10(15)14-7-19-6-9(14)11(16)17/h5,9H,2-4,6-7H2,1H3,(H,16,17)/t9-/m0/s1. The molecule has 1 aliphatic rings. The quantitative estimate of drug-likeness (QED) is 0.876. The molecule has 1 saturated heterocycles. The molecule has 1 atom stereocenters. The molecule has 1 aromatic rings. The lowest BCUT2D eigenvalue weighted by Crippen LogP contribution is -2.41. The minimum atomic E-state index is -0.951. The third kappa shape index (κ3) is 3.24. The summed E-state index contributed by atoms with van der Waals surface area (Å²) in [5.74, 6) is -0.214. The fourth-order valence-corrected chi connectivity index (χ4v) is 4.03. The maximum Gasteiger partial charge on any atom is 0.327 e. The second kappa shape index (κ2) is 6.45. The molecule has 0 unspecified atom stereocenters. The number of thioether (sulfide) groups is 1. The third-order valence-electron chi connectivity index (χ3n) is 3.24. The molecule has 0 radical (unpaired) electrons. The Morgan fingerprint density at radius 1 is 1.50 bits per heavy atom. The molecule has 0 saturated carbocycles. The molecule has 2 heterocycles. The van der Waals surface area contributed by atoms with Gasteiger partial charge in [-0.1, -0.05) is 11.3 Å². The predicted octanol–water partition coefficient (Wildman–Crippen LogP) is 0.985. The first-order chi connectivity index (χ1) is 9.50. The van der Waals surface area contributed by atoms with Gasteiger partial charge in [0.2, 0.25) is 5.91 Å². The fourth-order valence-electron chi connectivity index (χ4n) is 2.10. The number of aliphatic carboxylic acids is 1. The summed E-state index contributed by atoms with van der Waals surface area (Å²) in [5, 5.41) is 10.8. The number of carbonyl (C=O) groups is 2. The first-order valence-electron chi connectivity index (χ1n) is 6.25. The third-order valence-corrected chi connectivity index (χ3v) is 5.13. The maximum absolute atomic E-state index is 12.0. The normalized spacial score (nSPS) is 18.4. The van der Waals surface area contributed by atoms with Crippen LogP contribution in [0.3, 0.4) is 0 Å². The average Bonchev–Trinajstić information content (AvgIpc) is 2.99. The van der Waals surface area contributed by atoms with Gasteiger partial charge in [-0.25, -0.2) is 4.79 Å². The highest BCUT2D eigenvalue weighted by Crippen LogP contribution is 2.22. The average molecular weight is 316 g/mol. The van der Waals surface area contributed by atoms with Gasteiger partial charge in [0, 0.05) is 29.8 Å². The lowest BCUT2D eigenvalue weighted by atomic mass is 10.2. The zero-order valence-corrected chi connectivity index (χ0v) is 12.7. The van der Waals surface area contributed by atoms with Crippen LogP contribution in [0.25, 0.3) is 0 Å². The topological polar surface area (TPSA) is 79.6 Å². The molecule has 1 amide bonds. The van der Waals surface area contributed by atoms with E-state index >= 15 is 0 Å². The van der Waals surface area contributed by atoms with Crippen molar-refractivity contribution in [2.24, 2.45) is 0 Å². The van der Waals surface area contributed by atoms with E-state index in [2.05, 4.69) is 0 Å². The van der Waals surface area contributed by atoms with Crippen molar-refractivity contribution in [2.45, 2.75) is 32.4 Å². The molecule has 0 aromatic carbocycles. The molecule has 1 N–H and O–H groups in total. The summed E-state index contributed by atoms with van der Waals surface area (Å²) in [5.41, 5.74) is 0.896. The zero-order chi connectivity index (χ0) is 14.7. The summed E-state index contributed by atoms with van der Waals surface area (Å²) in [6, 6.07) is -0.710. The smallest absolute Gasteiger partial charge is 0.327 e. The summed E-state index contributed by atoms with van der Waals surface area (Å²) in [6.07, 6.45) is 0.815. The largest absolute Gasteiger partial charge is 0.480 e. The molecule has 1 aliphatic heterocycles. The highest BCUT2D eigenvalue weighted by Gasteiger charge is 2.33. The zero-order valence-electron chi connectivity index (χ0n) is 11.1. The van der Waals surface area contributed by atoms with Crippen molar-refractivity contribution in [3.05, 3.63) is 20.7 Å². The molecule has 0 spiro atoms. The van der Waals surface area contributed by atoms with Crippen LogP contribution in [0.5, 0.6) is 0 Å². The highest BCUT2D eigenvalue weighted by molar-refractivity contribution is 7.99. The lowest BCUT2D eigenvalue weighted by Gasteiger charge is -2.20. The van der Waals surface area contributed by atoms with Gasteiger partial charge in [-0.05, 0) is 13.3 Å². The van der Waals surface area contributed by atoms with Crippen LogP contribution in [0.4, 0.5) is 0 Å². The van der Waals surface area contributed by atoms with E-state index in [0.717, 1.165) is 17.0 Å². The number of thiazole rings is 1. The van der Waals surface area contributed by atoms with Crippen molar-refractivity contribution in [2.75, 3.05) is 11.6 Å². The second-order valence-electron chi connectivity index (χ2n) is 4.62. The van der Waals surface area contributed by atoms with E-state index in [9.17, 15) is 14.4 Å². The molecule has 2 rings (SSSR count). The number of hydrogen-bond acceptors (Lipinski definition) is 5. The Hall–Kier alpha value is -1.28. The van der Waals surface area contributed by atoms with Crippen molar-refractivity contribution in [1.82, 2.24) is 9.47 Å². The molecular weight excluding hydrogens is 300 g/mol. The SMILES string of the molecule is Cc1csc(=O)n1CCCC(=O)N1CSC[C@H]1C(=O)O. The van der Waals surface area contributed by atoms with E-state index in [4.69, 9.17) is 5.11 Å². The van der Waals surface area contributed by atoms with Crippen LogP contribution in [0.15, 0.2) is 10.2 Å². The van der Waals surface area contributed by atoms with Gasteiger partial charge in [0.25, 0.3) is 0 Å². The number of hydrogen-bond donors (Lipinski definition) is 1. The first-order valence-corrected chi connectivity index (χ1v) is 8.29. The van der Waals surface area contributed by atoms with Crippen LogP contribution < -0.4 is 4.87 Å². The molecular formula is C12H16N2O4S2. The maximum atomic E-state index is 12.0. The number of carboxylic acids is 1. The molecule has 110 valence electrons. The van der Waals surface area contributed by atoms with Crippen LogP contribution in [0.2, 0.25) is 0 Å². The van der Waals surface area contributed by atoms with E-state index in [-0.39, 0.29) is 17.2 Å². The van der Waals surface area contributed by atoms with Crippen LogP contribution in [-0.2, 0) is 16.1 Å². The number of amides is 1. The van der Waals surface area contributed by atoms with Crippen LogP contribution in [-0.4, -0.2) is 44.1 Å². The fraction of sp³-hybridized carbons (Fsp3) is 0.583. The van der Waals surface area contributed by atoms with E-state index in [1.165, 1.54) is 16.7 Å². The Morgan fingerprint density at radius 3 is 2.85 bits per heavy atom. The summed E-state index contributed by atoms with van der Waals surface area (Å²) < 4.78 is 1.64. The van der Waals surface area contributed by atoms with Gasteiger partial charge >= 0.3 is 10.8 Å². The van der Waals surface area contributed by atoms with Gasteiger partial charge < -0.3 is 14.6 Å². The number of rotatable bonds is 5. The number of carbonyl (C=O) groups excluding carboxylic acids is 1. The number of carboxylic acid groups (broad SMARTS) is 1. The highest BCUT2D eigenvalue weighted by atomic mass is 32.2. The van der Waals surface area contributed by atoms with E-state index in [0.29, 0.717) is 24.6 Å². The van der Waals surface area contributed by atoms with Crippen molar-refractivity contribution in [1.29, 1.82) is 0 Å². The summed E-state index contributed by atoms with van der Waals surface area (Å²) in [7, 11) is 0. The van der Waals surface area contributed by atoms with Gasteiger partial charge in [0.05, 0.1) is 5.88 Å². The minimum Gasteiger partial charge on any atom is -0.480 e. The second-order valence-corrected chi connectivity index (χ2v) is 6.44. The Labute approximate surface area is 124 Å². The predicted molar refractivity (Wildman–Crippen MR) is 78.1 cm³/mol. The Morgan fingerprint density at radius 2 is 2.25 bits per heavy atom. The van der Waals surface area contributed by atoms with Crippen molar-refractivity contribution in [3.63, 3.8) is 0 Å². The van der Waals surface area contributed by atoms with E-state index in [1.807, 2.05) is 6.92 Å². The Bertz CT molecular complexity index is 566. The summed E-state index contributed by atoms with van der Waals surface area (Å²) in [4.78, 5) is 36.0. The molecule has 8 heteroatoms. The van der Waals surface area contributed by atoms with E-state index in [1.54, 1.807) is 9.95 Å². The minimum absolute atomic E-state index is 0.0184. The van der Waals surface area contributed by atoms with Gasteiger partial charge in [0.15, 0.2) is 0 Å². The molecule has 1 fully saturated rings. The van der Waals surface area contributed by atoms with E-state index < -0.39 is 12.0 Å². The van der Waals surface area contributed by atoms with Crippen LogP contribution >= 0.6 is 23.1 Å². The monoisotopic (exact) mass is 316 g/mol. The first kappa shape index (κ1) is 15.1. The van der Waals surface area contributed by atoms with Gasteiger partial charge in [-0.3, -0.25) is 9.59 Å². The lowest BCUT2D eigenvalue weighted by molar-refractivity contribution is -0.147. The molecule has 6 nitrogen and oxygen atoms in total. The summed E-state index contributed by atoms with van der Waals surface area (Å²) >= 11 is 2.60. The molecule has 0 aliphatic carbocycles. The number of aromatic nitrogens is 1. The van der Waals surface area contributed by atoms with Crippen LogP contribution in [0.1, 0.15) is 18.5 Å². The Balaban J connectivity index is 1.87. The summed E-state index contributed by atoms with van der Waals surface area (Å²) in [6.45, 7) is 2.36. The van der Waals surface area contributed by atoms with Gasteiger partial charge in [-0.15, -0.1) is 11.8 Å². The molecule has 0 bridgehead atoms. The van der Waals surface area contributed by atoms with Crippen LogP contribution in [0, 0.1) is 6.92 Å². The van der Waals surface area contributed by atoms with Gasteiger partial charge in [0.1, 0.15) is 6.04 Å². The van der Waals surface area contributed by atoms with Crippen molar-refractivity contribution >= 4 is 35.0 Å². The number of nitrogens with zero attached hydrogens (tertiary/aromatic N) is 2. The van der Waals surface area contributed by atoms with Crippen molar-refractivity contribution < 1.29 is 14.7 Å². The Kier molecular flexibility index (Phi) is 4.87. The van der Waals surface area contributed by atoms with Crippen molar-refractivity contribution in [3.8, 4) is 0 Å². The molecule has 20 heavy (non-hydrogen) atoms. The molecule has 1 aromatic heterocycles.